The molecule has 6 nitrogen and oxygen atoms in total. The van der Waals surface area contributed by atoms with E-state index >= 15 is 0 Å². The summed E-state index contributed by atoms with van der Waals surface area (Å²) in [4.78, 5) is 16.4. The first kappa shape index (κ1) is 15.3. The van der Waals surface area contributed by atoms with Crippen molar-refractivity contribution in [2.45, 2.75) is 0 Å². The molecule has 0 radical (unpaired) electrons. The van der Waals surface area contributed by atoms with Crippen molar-refractivity contribution in [2.75, 3.05) is 7.11 Å². The third-order valence-electron chi connectivity index (χ3n) is 3.19. The predicted molar refractivity (Wildman–Crippen MR) is 84.5 cm³/mol. The highest BCUT2D eigenvalue weighted by Gasteiger charge is 2.19. The maximum atomic E-state index is 12.0. The van der Waals surface area contributed by atoms with E-state index in [1.165, 1.54) is 23.9 Å². The van der Waals surface area contributed by atoms with Gasteiger partial charge in [-0.3, -0.25) is 0 Å². The van der Waals surface area contributed by atoms with Gasteiger partial charge in [0.15, 0.2) is 11.3 Å². The average Bonchev–Trinajstić information content (AvgIpc) is 2.96. The molecule has 0 saturated heterocycles. The number of hydrogen-bond donors (Lipinski definition) is 0. The van der Waals surface area contributed by atoms with Gasteiger partial charge in [0.25, 0.3) is 0 Å². The van der Waals surface area contributed by atoms with Crippen LogP contribution >= 0.6 is 23.2 Å². The van der Waals surface area contributed by atoms with Gasteiger partial charge in [-0.1, -0.05) is 23.2 Å². The van der Waals surface area contributed by atoms with Crippen LogP contribution in [0.5, 0.6) is 0 Å². The minimum Gasteiger partial charge on any atom is -0.464 e. The Bertz CT molecular complexity index is 976. The Morgan fingerprint density at radius 2 is 2.13 bits per heavy atom. The monoisotopic (exact) mass is 346 g/mol. The lowest BCUT2D eigenvalue weighted by atomic mass is 10.1. The molecular weight excluding hydrogens is 339 g/mol. The lowest BCUT2D eigenvalue weighted by Crippen LogP contribution is -2.10. The fourth-order valence-corrected chi connectivity index (χ4v) is 2.63. The summed E-state index contributed by atoms with van der Waals surface area (Å²) in [5.74, 6) is -0.601. The molecule has 0 aliphatic carbocycles. The number of fused-ring (bicyclic) bond motifs is 1. The Balaban J connectivity index is 2.33. The van der Waals surface area contributed by atoms with Crippen molar-refractivity contribution in [3.05, 3.63) is 51.8 Å². The van der Waals surface area contributed by atoms with Crippen molar-refractivity contribution in [1.29, 1.82) is 5.26 Å². The predicted octanol–water partition coefficient (Wildman–Crippen LogP) is 3.36. The van der Waals surface area contributed by atoms with Crippen LogP contribution in [0.2, 0.25) is 10.0 Å². The molecule has 1 aromatic carbocycles. The number of methoxy groups -OCH3 is 1. The van der Waals surface area contributed by atoms with Crippen molar-refractivity contribution in [3.8, 4) is 17.3 Å². The molecule has 0 N–H and O–H groups in total. The van der Waals surface area contributed by atoms with E-state index in [0.717, 1.165) is 0 Å². The Labute approximate surface area is 140 Å². The Morgan fingerprint density at radius 3 is 2.78 bits per heavy atom. The van der Waals surface area contributed by atoms with Crippen molar-refractivity contribution in [3.63, 3.8) is 0 Å². The maximum Gasteiger partial charge on any atom is 0.356 e. The molecule has 0 fully saturated rings. The summed E-state index contributed by atoms with van der Waals surface area (Å²) < 4.78 is 6.02. The Morgan fingerprint density at radius 1 is 1.35 bits per heavy atom. The number of esters is 1. The lowest BCUT2D eigenvalue weighted by Gasteiger charge is -2.08. The molecule has 0 unspecified atom stereocenters. The van der Waals surface area contributed by atoms with Crippen LogP contribution in [0.1, 0.15) is 16.1 Å². The third kappa shape index (κ3) is 2.61. The van der Waals surface area contributed by atoms with Gasteiger partial charge < -0.3 is 4.74 Å². The zero-order chi connectivity index (χ0) is 16.6. The van der Waals surface area contributed by atoms with Crippen LogP contribution < -0.4 is 0 Å². The number of carbonyl (C=O) groups is 1. The van der Waals surface area contributed by atoms with Crippen molar-refractivity contribution in [1.82, 2.24) is 14.6 Å². The zero-order valence-electron chi connectivity index (χ0n) is 11.7. The van der Waals surface area contributed by atoms with Gasteiger partial charge in [0.2, 0.25) is 0 Å². The van der Waals surface area contributed by atoms with E-state index in [1.54, 1.807) is 18.2 Å². The van der Waals surface area contributed by atoms with E-state index in [4.69, 9.17) is 33.2 Å². The number of rotatable bonds is 2. The standard InChI is InChI=1S/C15H8Cl2N4O2/c1-23-15(22)13-5-12(10-3-2-9(16)4-11(10)17)20-14-8(6-18)7-19-21(13)14/h2-5,7H,1H3. The van der Waals surface area contributed by atoms with E-state index in [1.807, 2.05) is 6.07 Å². The van der Waals surface area contributed by atoms with E-state index in [2.05, 4.69) is 10.1 Å². The summed E-state index contributed by atoms with van der Waals surface area (Å²) in [5, 5.41) is 14.0. The fourth-order valence-electron chi connectivity index (χ4n) is 2.13. The second-order valence-corrected chi connectivity index (χ2v) is 5.39. The van der Waals surface area contributed by atoms with Gasteiger partial charge in [0, 0.05) is 10.6 Å². The normalized spacial score (nSPS) is 10.5. The summed E-state index contributed by atoms with van der Waals surface area (Å²) in [7, 11) is 1.26. The molecule has 3 rings (SSSR count). The number of aromatic nitrogens is 3. The van der Waals surface area contributed by atoms with Crippen molar-refractivity contribution in [2.24, 2.45) is 0 Å². The van der Waals surface area contributed by atoms with Crippen LogP contribution in [-0.2, 0) is 4.74 Å². The average molecular weight is 347 g/mol. The summed E-state index contributed by atoms with van der Waals surface area (Å²) in [6.07, 6.45) is 1.34. The van der Waals surface area contributed by atoms with Crippen LogP contribution in [-0.4, -0.2) is 27.7 Å². The number of nitrogens with zero attached hydrogens (tertiary/aromatic N) is 4. The molecule has 8 heteroatoms. The molecule has 0 aliphatic heterocycles. The Hall–Kier alpha value is -2.62. The fraction of sp³-hybridized carbons (Fsp3) is 0.0667. The summed E-state index contributed by atoms with van der Waals surface area (Å²) in [5.41, 5.74) is 1.61. The second kappa shape index (κ2) is 5.88. The van der Waals surface area contributed by atoms with Gasteiger partial charge in [-0.2, -0.15) is 10.4 Å². The number of benzene rings is 1. The highest BCUT2D eigenvalue weighted by atomic mass is 35.5. The molecule has 0 saturated carbocycles. The number of halogens is 2. The van der Waals surface area contributed by atoms with Crippen LogP contribution in [0.25, 0.3) is 16.9 Å². The highest BCUT2D eigenvalue weighted by molar-refractivity contribution is 6.36. The number of carbonyl (C=O) groups excluding carboxylic acids is 1. The number of hydrogen-bond acceptors (Lipinski definition) is 5. The molecule has 2 heterocycles. The maximum absolute atomic E-state index is 12.0. The van der Waals surface area contributed by atoms with Crippen LogP contribution in [0.15, 0.2) is 30.5 Å². The van der Waals surface area contributed by atoms with Gasteiger partial charge in [-0.25, -0.2) is 14.3 Å². The molecular formula is C15H8Cl2N4O2. The highest BCUT2D eigenvalue weighted by Crippen LogP contribution is 2.30. The molecule has 114 valence electrons. The van der Waals surface area contributed by atoms with Crippen molar-refractivity contribution >= 4 is 34.8 Å². The summed E-state index contributed by atoms with van der Waals surface area (Å²) >= 11 is 12.1. The largest absolute Gasteiger partial charge is 0.464 e. The molecule has 0 bridgehead atoms. The van der Waals surface area contributed by atoms with Gasteiger partial charge >= 0.3 is 5.97 Å². The minimum absolute atomic E-state index is 0.139. The van der Waals surface area contributed by atoms with Crippen LogP contribution in [0.4, 0.5) is 0 Å². The van der Waals surface area contributed by atoms with Crippen LogP contribution in [0.3, 0.4) is 0 Å². The topological polar surface area (TPSA) is 80.3 Å². The van der Waals surface area contributed by atoms with E-state index in [-0.39, 0.29) is 16.9 Å². The molecule has 2 aromatic heterocycles. The van der Waals surface area contributed by atoms with E-state index in [0.29, 0.717) is 21.3 Å². The minimum atomic E-state index is -0.601. The van der Waals surface area contributed by atoms with Crippen LogP contribution in [0, 0.1) is 11.3 Å². The molecule has 3 aromatic rings. The van der Waals surface area contributed by atoms with E-state index < -0.39 is 5.97 Å². The van der Waals surface area contributed by atoms with E-state index in [9.17, 15) is 4.79 Å². The van der Waals surface area contributed by atoms with Gasteiger partial charge in [0.05, 0.1) is 24.0 Å². The first-order chi connectivity index (χ1) is 11.0. The van der Waals surface area contributed by atoms with Gasteiger partial charge in [0.1, 0.15) is 11.6 Å². The smallest absolute Gasteiger partial charge is 0.356 e. The summed E-state index contributed by atoms with van der Waals surface area (Å²) in [6, 6.07) is 8.41. The second-order valence-electron chi connectivity index (χ2n) is 4.55. The van der Waals surface area contributed by atoms with Gasteiger partial charge in [-0.15, -0.1) is 0 Å². The molecule has 0 atom stereocenters. The zero-order valence-corrected chi connectivity index (χ0v) is 13.3. The molecule has 0 amide bonds. The lowest BCUT2D eigenvalue weighted by molar-refractivity contribution is 0.0590. The molecule has 0 aliphatic rings. The van der Waals surface area contributed by atoms with Crippen molar-refractivity contribution < 1.29 is 9.53 Å². The quantitative estimate of drug-likeness (QED) is 0.664. The first-order valence-electron chi connectivity index (χ1n) is 6.37. The SMILES string of the molecule is COC(=O)c1cc(-c2ccc(Cl)cc2Cl)nc2c(C#N)cnn12. The number of nitriles is 1. The molecule has 23 heavy (non-hydrogen) atoms. The molecule has 0 spiro atoms. The summed E-state index contributed by atoms with van der Waals surface area (Å²) in [6.45, 7) is 0. The Kier molecular flexibility index (Phi) is 3.90. The van der Waals surface area contributed by atoms with Gasteiger partial charge in [-0.05, 0) is 24.3 Å². The third-order valence-corrected chi connectivity index (χ3v) is 3.74. The first-order valence-corrected chi connectivity index (χ1v) is 7.13. The number of ether oxygens (including phenoxy) is 1.